The molecule has 1 aromatic rings. The van der Waals surface area contributed by atoms with E-state index in [-0.39, 0.29) is 0 Å². The van der Waals surface area contributed by atoms with Gasteiger partial charge >= 0.3 is 0 Å². The summed E-state index contributed by atoms with van der Waals surface area (Å²) in [4.78, 5) is 3.29. The molecule has 0 spiro atoms. The van der Waals surface area contributed by atoms with Gasteiger partial charge in [-0.15, -0.1) is 0 Å². The van der Waals surface area contributed by atoms with E-state index in [0.717, 1.165) is 25.8 Å². The number of rotatable bonds is 9. The first-order valence-electron chi connectivity index (χ1n) is 6.39. The van der Waals surface area contributed by atoms with Crippen LogP contribution in [0.4, 0.5) is 0 Å². The number of aromatic nitrogens is 2. The minimum absolute atomic E-state index is 0.674. The summed E-state index contributed by atoms with van der Waals surface area (Å²) in [5.41, 5.74) is 0. The summed E-state index contributed by atoms with van der Waals surface area (Å²) in [6.45, 7) is 3.30. The molecule has 4 heteroatoms. The Balaban J connectivity index is 2.25. The second-order valence-corrected chi connectivity index (χ2v) is 5.30. The third kappa shape index (κ3) is 5.78. The van der Waals surface area contributed by atoms with E-state index >= 15 is 0 Å². The molecule has 0 saturated heterocycles. The van der Waals surface area contributed by atoms with Crippen molar-refractivity contribution in [1.82, 2.24) is 4.98 Å². The maximum absolute atomic E-state index is 8.48. The second kappa shape index (κ2) is 9.12. The number of nitrogens with zero attached hydrogens (tertiary/aromatic N) is 2. The van der Waals surface area contributed by atoms with E-state index in [0.29, 0.717) is 6.42 Å². The van der Waals surface area contributed by atoms with E-state index in [9.17, 15) is 0 Å². The lowest BCUT2D eigenvalue weighted by Gasteiger charge is -2.00. The molecule has 1 aromatic heterocycles. The Bertz CT molecular complexity index is 341. The number of nitrogens with one attached hydrogen (secondary N) is 1. The number of hydrogen-bond donors (Lipinski definition) is 1. The van der Waals surface area contributed by atoms with Crippen LogP contribution in [0.1, 0.15) is 38.4 Å². The number of thioether (sulfide) groups is 1. The summed E-state index contributed by atoms with van der Waals surface area (Å²) in [5.74, 6) is 3.73. The molecule has 94 valence electrons. The fourth-order valence-corrected chi connectivity index (χ4v) is 2.55. The molecule has 0 amide bonds. The molecule has 0 aliphatic carbocycles. The van der Waals surface area contributed by atoms with Crippen LogP contribution in [0.2, 0.25) is 0 Å². The fraction of sp³-hybridized carbons (Fsp3) is 0.692. The van der Waals surface area contributed by atoms with Gasteiger partial charge in [-0.3, -0.25) is 0 Å². The Morgan fingerprint density at radius 1 is 1.41 bits per heavy atom. The maximum atomic E-state index is 8.48. The van der Waals surface area contributed by atoms with E-state index in [1.807, 2.05) is 18.0 Å². The molecule has 1 heterocycles. The van der Waals surface area contributed by atoms with Gasteiger partial charge in [0.25, 0.3) is 5.82 Å². The number of hydrogen-bond acceptors (Lipinski definition) is 2. The zero-order valence-corrected chi connectivity index (χ0v) is 11.4. The maximum Gasteiger partial charge on any atom is 0.254 e. The topological polar surface area (TPSA) is 43.5 Å². The van der Waals surface area contributed by atoms with Crippen molar-refractivity contribution in [3.8, 4) is 6.07 Å². The van der Waals surface area contributed by atoms with Gasteiger partial charge in [0.05, 0.1) is 12.6 Å². The predicted octanol–water partition coefficient (Wildman–Crippen LogP) is 2.68. The van der Waals surface area contributed by atoms with Gasteiger partial charge in [-0.1, -0.05) is 6.92 Å². The smallest absolute Gasteiger partial charge is 0.248 e. The van der Waals surface area contributed by atoms with Gasteiger partial charge in [-0.25, -0.2) is 9.55 Å². The van der Waals surface area contributed by atoms with Crippen LogP contribution in [0.25, 0.3) is 0 Å². The van der Waals surface area contributed by atoms with Crippen molar-refractivity contribution >= 4 is 11.8 Å². The van der Waals surface area contributed by atoms with Crippen molar-refractivity contribution in [2.45, 2.75) is 45.6 Å². The van der Waals surface area contributed by atoms with Gasteiger partial charge in [-0.05, 0) is 25.0 Å². The Labute approximate surface area is 108 Å². The number of H-pyrrole nitrogens is 1. The molecule has 0 fully saturated rings. The first-order valence-corrected chi connectivity index (χ1v) is 7.54. The number of aryl methyl sites for hydroxylation is 2. The number of unbranched alkanes of at least 4 members (excludes halogenated alkanes) is 2. The van der Waals surface area contributed by atoms with Crippen LogP contribution in [-0.4, -0.2) is 16.5 Å². The van der Waals surface area contributed by atoms with E-state index < -0.39 is 0 Å². The largest absolute Gasteiger partial charge is 0.254 e. The van der Waals surface area contributed by atoms with Crippen LogP contribution in [0.3, 0.4) is 0 Å². The van der Waals surface area contributed by atoms with Gasteiger partial charge in [-0.2, -0.15) is 17.0 Å². The fourth-order valence-electron chi connectivity index (χ4n) is 1.73. The lowest BCUT2D eigenvalue weighted by atomic mass is 10.2. The zero-order chi connectivity index (χ0) is 12.3. The first-order chi connectivity index (χ1) is 8.38. The van der Waals surface area contributed by atoms with E-state index in [1.54, 1.807) is 0 Å². The highest BCUT2D eigenvalue weighted by molar-refractivity contribution is 7.99. The molecule has 0 atom stereocenters. The quantitative estimate of drug-likeness (QED) is 0.542. The van der Waals surface area contributed by atoms with Gasteiger partial charge in [0.2, 0.25) is 0 Å². The second-order valence-electron chi connectivity index (χ2n) is 4.08. The third-order valence-corrected chi connectivity index (χ3v) is 3.80. The monoisotopic (exact) mass is 252 g/mol. The number of nitriles is 1. The minimum atomic E-state index is 0.674. The van der Waals surface area contributed by atoms with Gasteiger partial charge in [0.1, 0.15) is 12.4 Å². The van der Waals surface area contributed by atoms with Crippen molar-refractivity contribution < 1.29 is 4.57 Å². The average Bonchev–Trinajstić information content (AvgIpc) is 2.78. The summed E-state index contributed by atoms with van der Waals surface area (Å²) < 4.78 is 2.30. The van der Waals surface area contributed by atoms with Gasteiger partial charge in [0.15, 0.2) is 0 Å². The van der Waals surface area contributed by atoms with Crippen molar-refractivity contribution in [3.63, 3.8) is 0 Å². The third-order valence-electron chi connectivity index (χ3n) is 2.63. The Kier molecular flexibility index (Phi) is 7.57. The molecular formula is C13H22N3S+. The molecule has 0 aromatic carbocycles. The molecule has 0 saturated carbocycles. The highest BCUT2D eigenvalue weighted by Crippen LogP contribution is 2.03. The summed E-state index contributed by atoms with van der Waals surface area (Å²) in [5, 5.41) is 8.48. The Morgan fingerprint density at radius 2 is 2.29 bits per heavy atom. The van der Waals surface area contributed by atoms with Crippen molar-refractivity contribution in [2.24, 2.45) is 0 Å². The summed E-state index contributed by atoms with van der Waals surface area (Å²) >= 11 is 2.01. The minimum Gasteiger partial charge on any atom is -0.248 e. The van der Waals surface area contributed by atoms with E-state index in [2.05, 4.69) is 28.7 Å². The average molecular weight is 252 g/mol. The summed E-state index contributed by atoms with van der Waals surface area (Å²) in [6.07, 6.45) is 9.19. The molecule has 0 bridgehead atoms. The molecule has 0 unspecified atom stereocenters. The van der Waals surface area contributed by atoms with Crippen LogP contribution >= 0.6 is 11.8 Å². The van der Waals surface area contributed by atoms with Crippen LogP contribution in [0.5, 0.6) is 0 Å². The van der Waals surface area contributed by atoms with Crippen LogP contribution in [-0.2, 0) is 13.0 Å². The molecule has 3 nitrogen and oxygen atoms in total. The molecule has 0 aliphatic rings. The highest BCUT2D eigenvalue weighted by atomic mass is 32.2. The molecule has 0 radical (unpaired) electrons. The molecule has 1 rings (SSSR count). The lowest BCUT2D eigenvalue weighted by Crippen LogP contribution is -2.37. The van der Waals surface area contributed by atoms with Crippen molar-refractivity contribution in [3.05, 3.63) is 18.2 Å². The molecule has 1 N–H and O–H groups in total. The Hall–Kier alpha value is -0.950. The van der Waals surface area contributed by atoms with Gasteiger partial charge in [0, 0.05) is 18.6 Å². The van der Waals surface area contributed by atoms with Crippen LogP contribution in [0, 0.1) is 11.3 Å². The molecule has 0 aliphatic heterocycles. The summed E-state index contributed by atoms with van der Waals surface area (Å²) in [7, 11) is 0. The normalized spacial score (nSPS) is 10.4. The zero-order valence-electron chi connectivity index (χ0n) is 10.6. The Morgan fingerprint density at radius 3 is 3.06 bits per heavy atom. The SMILES string of the molecule is CCCSCC[n+]1cc[nH]c1CCCCC#N. The van der Waals surface area contributed by atoms with Gasteiger partial charge < -0.3 is 0 Å². The summed E-state index contributed by atoms with van der Waals surface area (Å²) in [6, 6.07) is 2.19. The van der Waals surface area contributed by atoms with Crippen LogP contribution in [0.15, 0.2) is 12.4 Å². The molecule has 17 heavy (non-hydrogen) atoms. The lowest BCUT2D eigenvalue weighted by molar-refractivity contribution is -0.698. The number of aromatic amines is 1. The van der Waals surface area contributed by atoms with E-state index in [1.165, 1.54) is 23.8 Å². The highest BCUT2D eigenvalue weighted by Gasteiger charge is 2.09. The number of imidazole rings is 1. The van der Waals surface area contributed by atoms with Crippen LogP contribution < -0.4 is 4.57 Å². The molecular weight excluding hydrogens is 230 g/mol. The first kappa shape index (κ1) is 14.1. The van der Waals surface area contributed by atoms with Crippen molar-refractivity contribution in [2.75, 3.05) is 11.5 Å². The standard InChI is InChI=1S/C13H21N3S/c1-2-11-17-12-10-16-9-8-15-13(16)6-4-3-5-7-14/h8-9H,2-6,10-12H2,1H3/p+1. The predicted molar refractivity (Wildman–Crippen MR) is 71.8 cm³/mol. The van der Waals surface area contributed by atoms with Crippen molar-refractivity contribution in [1.29, 1.82) is 5.26 Å². The van der Waals surface area contributed by atoms with E-state index in [4.69, 9.17) is 5.26 Å².